The summed E-state index contributed by atoms with van der Waals surface area (Å²) < 4.78 is 21.5. The topological polar surface area (TPSA) is 34.5 Å². The minimum absolute atomic E-state index is 0.274. The van der Waals surface area contributed by atoms with E-state index in [9.17, 15) is 9.18 Å². The molecule has 0 aliphatic heterocycles. The highest BCUT2D eigenvalue weighted by atomic mass is 35.5. The van der Waals surface area contributed by atoms with Crippen molar-refractivity contribution in [3.05, 3.63) is 88.3 Å². The molecule has 0 N–H and O–H groups in total. The van der Waals surface area contributed by atoms with Gasteiger partial charge in [-0.3, -0.25) is 0 Å². The number of rotatable bonds is 6. The molecule has 3 aromatic carbocycles. The van der Waals surface area contributed by atoms with Crippen molar-refractivity contribution >= 4 is 40.2 Å². The van der Waals surface area contributed by atoms with E-state index < -0.39 is 6.09 Å². The monoisotopic (exact) mass is 484 g/mol. The van der Waals surface area contributed by atoms with Gasteiger partial charge < -0.3 is 14.2 Å². The van der Waals surface area contributed by atoms with Crippen molar-refractivity contribution in [3.8, 4) is 16.9 Å². The molecule has 0 atom stereocenters. The molecule has 0 saturated carbocycles. The Morgan fingerprint density at radius 3 is 2.39 bits per heavy atom. The number of benzene rings is 3. The third kappa shape index (κ3) is 5.00. The Morgan fingerprint density at radius 2 is 1.73 bits per heavy atom. The fraction of sp³-hybridized carbons (Fsp3) is 0.192. The van der Waals surface area contributed by atoms with Crippen LogP contribution in [0.5, 0.6) is 5.75 Å². The lowest BCUT2D eigenvalue weighted by Crippen LogP contribution is -2.33. The fourth-order valence-electron chi connectivity index (χ4n) is 3.94. The van der Waals surface area contributed by atoms with Crippen LogP contribution in [0.2, 0.25) is 10.0 Å². The van der Waals surface area contributed by atoms with Crippen molar-refractivity contribution in [2.75, 3.05) is 13.1 Å². The van der Waals surface area contributed by atoms with Crippen LogP contribution in [0, 0.1) is 5.82 Å². The van der Waals surface area contributed by atoms with Crippen LogP contribution >= 0.6 is 23.2 Å². The van der Waals surface area contributed by atoms with Gasteiger partial charge in [0.15, 0.2) is 0 Å². The van der Waals surface area contributed by atoms with Crippen LogP contribution in [-0.4, -0.2) is 28.6 Å². The summed E-state index contributed by atoms with van der Waals surface area (Å²) in [6.45, 7) is 5.38. The molecule has 4 nitrogen and oxygen atoms in total. The number of carbonyl (C=O) groups is 1. The molecule has 0 aliphatic rings. The predicted octanol–water partition coefficient (Wildman–Crippen LogP) is 7.64. The van der Waals surface area contributed by atoms with E-state index in [1.807, 2.05) is 42.8 Å². The first-order chi connectivity index (χ1) is 15.9. The van der Waals surface area contributed by atoms with Crippen molar-refractivity contribution in [1.29, 1.82) is 0 Å². The van der Waals surface area contributed by atoms with Gasteiger partial charge >= 0.3 is 6.09 Å². The van der Waals surface area contributed by atoms with Crippen molar-refractivity contribution in [3.63, 3.8) is 0 Å². The number of carbonyl (C=O) groups excluding carboxylic acids is 1. The maximum Gasteiger partial charge on any atom is 0.415 e. The highest BCUT2D eigenvalue weighted by Crippen LogP contribution is 2.40. The molecule has 170 valence electrons. The van der Waals surface area contributed by atoms with Gasteiger partial charge in [-0.05, 0) is 73.5 Å². The Balaban J connectivity index is 1.84. The molecule has 0 radical (unpaired) electrons. The van der Waals surface area contributed by atoms with Crippen LogP contribution < -0.4 is 4.74 Å². The third-order valence-corrected chi connectivity index (χ3v) is 5.96. The third-order valence-electron chi connectivity index (χ3n) is 5.53. The van der Waals surface area contributed by atoms with Gasteiger partial charge in [0.25, 0.3) is 0 Å². The van der Waals surface area contributed by atoms with Crippen molar-refractivity contribution in [1.82, 2.24) is 9.47 Å². The molecule has 1 heterocycles. The van der Waals surface area contributed by atoms with Gasteiger partial charge in [0.05, 0.1) is 0 Å². The van der Waals surface area contributed by atoms with Crippen molar-refractivity contribution in [2.24, 2.45) is 0 Å². The van der Waals surface area contributed by atoms with E-state index in [1.54, 1.807) is 35.2 Å². The molecule has 0 spiro atoms. The summed E-state index contributed by atoms with van der Waals surface area (Å²) in [4.78, 5) is 14.3. The molecule has 7 heteroatoms. The summed E-state index contributed by atoms with van der Waals surface area (Å²) in [5, 5.41) is 1.83. The van der Waals surface area contributed by atoms with E-state index in [0.29, 0.717) is 35.4 Å². The minimum Gasteiger partial charge on any atom is -0.410 e. The second kappa shape index (κ2) is 9.86. The summed E-state index contributed by atoms with van der Waals surface area (Å²) in [5.41, 5.74) is 3.21. The van der Waals surface area contributed by atoms with E-state index in [0.717, 1.165) is 27.6 Å². The van der Waals surface area contributed by atoms with Crippen LogP contribution in [0.4, 0.5) is 9.18 Å². The zero-order chi connectivity index (χ0) is 23.5. The van der Waals surface area contributed by atoms with E-state index in [4.69, 9.17) is 27.9 Å². The summed E-state index contributed by atoms with van der Waals surface area (Å²) in [6.07, 6.45) is 1.51. The average molecular weight is 485 g/mol. The average Bonchev–Trinajstić information content (AvgIpc) is 3.16. The molecule has 4 aromatic rings. The van der Waals surface area contributed by atoms with Gasteiger partial charge in [0.1, 0.15) is 11.6 Å². The molecule has 0 bridgehead atoms. The van der Waals surface area contributed by atoms with Gasteiger partial charge in [-0.2, -0.15) is 0 Å². The smallest absolute Gasteiger partial charge is 0.410 e. The molecule has 0 aliphatic carbocycles. The van der Waals surface area contributed by atoms with Gasteiger partial charge in [-0.15, -0.1) is 0 Å². The molecular weight excluding hydrogens is 462 g/mol. The lowest BCUT2D eigenvalue weighted by Gasteiger charge is -2.20. The van der Waals surface area contributed by atoms with Gasteiger partial charge in [0.2, 0.25) is 0 Å². The Kier molecular flexibility index (Phi) is 6.91. The molecule has 0 unspecified atom stereocenters. The molecule has 4 rings (SSSR count). The van der Waals surface area contributed by atoms with E-state index in [2.05, 4.69) is 0 Å². The van der Waals surface area contributed by atoms with Crippen LogP contribution in [0.25, 0.3) is 22.0 Å². The standard InChI is InChI=1S/C26H23Cl2FN2O2/c1-3-30(4-2)26(32)33-24-9-8-23-22(25(24)18-13-19(27)15-20(28)14-18)10-11-31(23)16-17-6-5-7-21(29)12-17/h5-15H,3-4,16H2,1-2H3. The second-order valence-electron chi connectivity index (χ2n) is 7.64. The number of amides is 1. The number of halogens is 3. The van der Waals surface area contributed by atoms with E-state index in [-0.39, 0.29) is 5.82 Å². The fourth-order valence-corrected chi connectivity index (χ4v) is 4.47. The normalized spacial score (nSPS) is 11.1. The number of ether oxygens (including phenoxy) is 1. The summed E-state index contributed by atoms with van der Waals surface area (Å²) >= 11 is 12.6. The summed E-state index contributed by atoms with van der Waals surface area (Å²) in [6, 6.07) is 17.4. The maximum atomic E-state index is 13.7. The van der Waals surface area contributed by atoms with E-state index in [1.165, 1.54) is 12.1 Å². The van der Waals surface area contributed by atoms with Gasteiger partial charge in [-0.1, -0.05) is 35.3 Å². The highest BCUT2D eigenvalue weighted by molar-refractivity contribution is 6.35. The molecule has 1 aromatic heterocycles. The molecule has 33 heavy (non-hydrogen) atoms. The predicted molar refractivity (Wildman–Crippen MR) is 132 cm³/mol. The lowest BCUT2D eigenvalue weighted by molar-refractivity contribution is 0.157. The molecule has 0 fully saturated rings. The summed E-state index contributed by atoms with van der Waals surface area (Å²) in [5.74, 6) is 0.144. The second-order valence-corrected chi connectivity index (χ2v) is 8.52. The van der Waals surface area contributed by atoms with Crippen LogP contribution in [-0.2, 0) is 6.54 Å². The number of hydrogen-bond donors (Lipinski definition) is 0. The zero-order valence-electron chi connectivity index (χ0n) is 18.3. The maximum absolute atomic E-state index is 13.7. The quantitative estimate of drug-likeness (QED) is 0.281. The summed E-state index contributed by atoms with van der Waals surface area (Å²) in [7, 11) is 0. The Labute approximate surface area is 202 Å². The zero-order valence-corrected chi connectivity index (χ0v) is 19.8. The SMILES string of the molecule is CCN(CC)C(=O)Oc1ccc2c(ccn2Cc2cccc(F)c2)c1-c1cc(Cl)cc(Cl)c1. The van der Waals surface area contributed by atoms with Crippen LogP contribution in [0.15, 0.2) is 66.9 Å². The molecular formula is C26H23Cl2FN2O2. The van der Waals surface area contributed by atoms with Gasteiger partial charge in [-0.25, -0.2) is 9.18 Å². The van der Waals surface area contributed by atoms with Crippen molar-refractivity contribution in [2.45, 2.75) is 20.4 Å². The number of hydrogen-bond acceptors (Lipinski definition) is 2. The number of nitrogens with zero attached hydrogens (tertiary/aromatic N) is 2. The lowest BCUT2D eigenvalue weighted by atomic mass is 10.0. The van der Waals surface area contributed by atoms with Gasteiger partial charge in [0, 0.05) is 52.3 Å². The largest absolute Gasteiger partial charge is 0.415 e. The first-order valence-electron chi connectivity index (χ1n) is 10.7. The first-order valence-corrected chi connectivity index (χ1v) is 11.4. The number of fused-ring (bicyclic) bond motifs is 1. The Hall–Kier alpha value is -3.02. The Bertz CT molecular complexity index is 1290. The van der Waals surface area contributed by atoms with Crippen LogP contribution in [0.3, 0.4) is 0 Å². The number of aromatic nitrogens is 1. The van der Waals surface area contributed by atoms with E-state index >= 15 is 0 Å². The molecule has 1 amide bonds. The Morgan fingerprint density at radius 1 is 1.00 bits per heavy atom. The van der Waals surface area contributed by atoms with Crippen molar-refractivity contribution < 1.29 is 13.9 Å². The first kappa shape index (κ1) is 23.1. The van der Waals surface area contributed by atoms with Crippen LogP contribution in [0.1, 0.15) is 19.4 Å². The highest BCUT2D eigenvalue weighted by Gasteiger charge is 2.19. The minimum atomic E-state index is -0.423. The molecule has 0 saturated heterocycles.